The molecule has 2 N–H and O–H groups in total. The number of hydrogen-bond acceptors (Lipinski definition) is 7. The van der Waals surface area contributed by atoms with Gasteiger partial charge in [0.15, 0.2) is 5.17 Å². The first kappa shape index (κ1) is 18.6. The molecule has 0 spiro atoms. The molecule has 1 aromatic carbocycles. The van der Waals surface area contributed by atoms with E-state index in [4.69, 9.17) is 9.84 Å². The standard InChI is InChI=1S/C18H16N4O4S/c23-16(24)9-15-17(25)21-18(27-15)22-20-10-12-4-6-14(7-5-12)26-11-13-3-1-2-8-19-13/h1-8,10,15H,9,11H2,(H,23,24)(H,21,22,25). The Morgan fingerprint density at radius 2 is 2.11 bits per heavy atom. The molecule has 138 valence electrons. The molecule has 2 heterocycles. The first-order chi connectivity index (χ1) is 13.1. The monoisotopic (exact) mass is 384 g/mol. The number of nitrogens with zero attached hydrogens (tertiary/aromatic N) is 3. The number of pyridine rings is 1. The minimum Gasteiger partial charge on any atom is -0.487 e. The van der Waals surface area contributed by atoms with Crippen molar-refractivity contribution in [2.24, 2.45) is 10.2 Å². The number of thioether (sulfide) groups is 1. The van der Waals surface area contributed by atoms with Gasteiger partial charge in [0.05, 0.1) is 18.3 Å². The molecule has 0 radical (unpaired) electrons. The molecular formula is C18H16N4O4S. The molecule has 1 atom stereocenters. The van der Waals surface area contributed by atoms with Crippen LogP contribution in [0.25, 0.3) is 0 Å². The lowest BCUT2D eigenvalue weighted by Gasteiger charge is -2.05. The van der Waals surface area contributed by atoms with Crippen LogP contribution >= 0.6 is 11.8 Å². The summed E-state index contributed by atoms with van der Waals surface area (Å²) in [5, 5.41) is 18.7. The SMILES string of the molecule is O=C(O)CC1SC(=NN=Cc2ccc(OCc3ccccn3)cc2)NC1=O. The molecule has 1 aromatic heterocycles. The molecule has 1 aliphatic heterocycles. The highest BCUT2D eigenvalue weighted by Crippen LogP contribution is 2.22. The highest BCUT2D eigenvalue weighted by Gasteiger charge is 2.32. The first-order valence-electron chi connectivity index (χ1n) is 8.03. The van der Waals surface area contributed by atoms with Crippen LogP contribution in [0.4, 0.5) is 0 Å². The zero-order valence-corrected chi connectivity index (χ0v) is 14.9. The third-order valence-electron chi connectivity index (χ3n) is 3.48. The minimum atomic E-state index is -1.03. The van der Waals surface area contributed by atoms with Gasteiger partial charge in [0, 0.05) is 6.20 Å². The van der Waals surface area contributed by atoms with Crippen LogP contribution in [0.2, 0.25) is 0 Å². The summed E-state index contributed by atoms with van der Waals surface area (Å²) >= 11 is 1.06. The average molecular weight is 384 g/mol. The molecule has 8 nitrogen and oxygen atoms in total. The second-order valence-corrected chi connectivity index (χ2v) is 6.71. The average Bonchev–Trinajstić information content (AvgIpc) is 3.00. The van der Waals surface area contributed by atoms with Gasteiger partial charge in [0.1, 0.15) is 17.6 Å². The van der Waals surface area contributed by atoms with E-state index in [0.29, 0.717) is 12.4 Å². The highest BCUT2D eigenvalue weighted by molar-refractivity contribution is 8.15. The van der Waals surface area contributed by atoms with Crippen LogP contribution in [-0.2, 0) is 16.2 Å². The summed E-state index contributed by atoms with van der Waals surface area (Å²) in [5.74, 6) is -0.692. The van der Waals surface area contributed by atoms with Crippen LogP contribution in [0.1, 0.15) is 17.7 Å². The predicted molar refractivity (Wildman–Crippen MR) is 102 cm³/mol. The van der Waals surface area contributed by atoms with Crippen molar-refractivity contribution in [1.29, 1.82) is 0 Å². The number of benzene rings is 1. The maximum Gasteiger partial charge on any atom is 0.305 e. The van der Waals surface area contributed by atoms with Gasteiger partial charge in [-0.25, -0.2) is 0 Å². The lowest BCUT2D eigenvalue weighted by Crippen LogP contribution is -2.26. The number of amidine groups is 1. The van der Waals surface area contributed by atoms with Crippen LogP contribution in [0.15, 0.2) is 58.9 Å². The molecule has 1 aliphatic rings. The molecule has 3 rings (SSSR count). The van der Waals surface area contributed by atoms with Crippen LogP contribution in [0.5, 0.6) is 5.75 Å². The van der Waals surface area contributed by atoms with E-state index in [1.54, 1.807) is 6.20 Å². The summed E-state index contributed by atoms with van der Waals surface area (Å²) in [5.41, 5.74) is 1.65. The number of aromatic nitrogens is 1. The van der Waals surface area contributed by atoms with E-state index in [2.05, 4.69) is 20.5 Å². The summed E-state index contributed by atoms with van der Waals surface area (Å²) in [6.45, 7) is 0.385. The maximum absolute atomic E-state index is 11.6. The molecule has 0 aliphatic carbocycles. The van der Waals surface area contributed by atoms with Gasteiger partial charge >= 0.3 is 5.97 Å². The largest absolute Gasteiger partial charge is 0.487 e. The number of ether oxygens (including phenoxy) is 1. The van der Waals surface area contributed by atoms with Gasteiger partial charge in [0.25, 0.3) is 0 Å². The fourth-order valence-corrected chi connectivity index (χ4v) is 3.10. The second kappa shape index (κ2) is 8.95. The summed E-state index contributed by atoms with van der Waals surface area (Å²) in [6, 6.07) is 12.9. The van der Waals surface area contributed by atoms with E-state index in [0.717, 1.165) is 23.0 Å². The van der Waals surface area contributed by atoms with Gasteiger partial charge in [-0.05, 0) is 42.0 Å². The van der Waals surface area contributed by atoms with E-state index in [1.165, 1.54) is 6.21 Å². The van der Waals surface area contributed by atoms with Crippen molar-refractivity contribution in [2.75, 3.05) is 0 Å². The lowest BCUT2D eigenvalue weighted by molar-refractivity contribution is -0.138. The van der Waals surface area contributed by atoms with Crippen LogP contribution in [-0.4, -0.2) is 38.6 Å². The van der Waals surface area contributed by atoms with Crippen molar-refractivity contribution in [1.82, 2.24) is 10.3 Å². The van der Waals surface area contributed by atoms with Gasteiger partial charge in [0.2, 0.25) is 5.91 Å². The van der Waals surface area contributed by atoms with Crippen LogP contribution in [0.3, 0.4) is 0 Å². The Morgan fingerprint density at radius 3 is 2.81 bits per heavy atom. The number of carboxylic acids is 1. The predicted octanol–water partition coefficient (Wildman–Crippen LogP) is 2.06. The summed E-state index contributed by atoms with van der Waals surface area (Å²) in [6.07, 6.45) is 3.00. The number of amides is 1. The Hall–Kier alpha value is -3.20. The third-order valence-corrected chi connectivity index (χ3v) is 4.56. The highest BCUT2D eigenvalue weighted by atomic mass is 32.2. The van der Waals surface area contributed by atoms with E-state index >= 15 is 0 Å². The van der Waals surface area contributed by atoms with Crippen molar-refractivity contribution in [3.05, 3.63) is 59.9 Å². The molecule has 27 heavy (non-hydrogen) atoms. The second-order valence-electron chi connectivity index (χ2n) is 5.52. The number of carbonyl (C=O) groups excluding carboxylic acids is 1. The maximum atomic E-state index is 11.6. The Kier molecular flexibility index (Phi) is 6.16. The molecule has 1 amide bonds. The van der Waals surface area contributed by atoms with Crippen molar-refractivity contribution in [3.8, 4) is 5.75 Å². The Bertz CT molecular complexity index is 869. The van der Waals surface area contributed by atoms with Crippen molar-refractivity contribution < 1.29 is 19.4 Å². The number of carbonyl (C=O) groups is 2. The van der Waals surface area contributed by atoms with Crippen LogP contribution < -0.4 is 10.1 Å². The Morgan fingerprint density at radius 1 is 1.30 bits per heavy atom. The van der Waals surface area contributed by atoms with Crippen molar-refractivity contribution in [2.45, 2.75) is 18.3 Å². The van der Waals surface area contributed by atoms with Gasteiger partial charge in [-0.3, -0.25) is 14.6 Å². The van der Waals surface area contributed by atoms with Gasteiger partial charge < -0.3 is 15.2 Å². The van der Waals surface area contributed by atoms with Crippen LogP contribution in [0, 0.1) is 0 Å². The first-order valence-corrected chi connectivity index (χ1v) is 8.91. The molecule has 0 bridgehead atoms. The Balaban J connectivity index is 1.52. The molecular weight excluding hydrogens is 368 g/mol. The van der Waals surface area contributed by atoms with E-state index in [9.17, 15) is 9.59 Å². The van der Waals surface area contributed by atoms with Gasteiger partial charge in [-0.2, -0.15) is 5.10 Å². The molecule has 1 saturated heterocycles. The fraction of sp³-hybridized carbons (Fsp3) is 0.167. The summed E-state index contributed by atoms with van der Waals surface area (Å²) in [7, 11) is 0. The number of nitrogens with one attached hydrogen (secondary N) is 1. The molecule has 1 fully saturated rings. The summed E-state index contributed by atoms with van der Waals surface area (Å²) in [4.78, 5) is 26.5. The van der Waals surface area contributed by atoms with Crippen molar-refractivity contribution in [3.63, 3.8) is 0 Å². The molecule has 1 unspecified atom stereocenters. The topological polar surface area (TPSA) is 113 Å². The third kappa shape index (κ3) is 5.65. The number of aliphatic carboxylic acids is 1. The smallest absolute Gasteiger partial charge is 0.305 e. The number of rotatable bonds is 7. The minimum absolute atomic E-state index is 0.251. The molecule has 9 heteroatoms. The number of carboxylic acid groups (broad SMARTS) is 1. The zero-order valence-electron chi connectivity index (χ0n) is 14.1. The fourth-order valence-electron chi connectivity index (χ4n) is 2.18. The van der Waals surface area contributed by atoms with E-state index in [-0.39, 0.29) is 17.5 Å². The lowest BCUT2D eigenvalue weighted by atomic mass is 10.2. The molecule has 2 aromatic rings. The quantitative estimate of drug-likeness (QED) is 0.558. The van der Waals surface area contributed by atoms with Crippen molar-refractivity contribution >= 4 is 35.0 Å². The Labute approximate surface area is 159 Å². The van der Waals surface area contributed by atoms with Gasteiger partial charge in [-0.15, -0.1) is 5.10 Å². The molecule has 0 saturated carbocycles. The number of hydrogen-bond donors (Lipinski definition) is 2. The zero-order chi connectivity index (χ0) is 19.1. The summed E-state index contributed by atoms with van der Waals surface area (Å²) < 4.78 is 5.65. The normalized spacial score (nSPS) is 18.0. The van der Waals surface area contributed by atoms with Gasteiger partial charge in [-0.1, -0.05) is 17.8 Å². The van der Waals surface area contributed by atoms with E-state index in [1.807, 2.05) is 42.5 Å². The van der Waals surface area contributed by atoms with E-state index < -0.39 is 11.2 Å².